The van der Waals surface area contributed by atoms with E-state index in [0.717, 1.165) is 17.5 Å². The number of aliphatic hydroxyl groups is 2. The Morgan fingerprint density at radius 2 is 1.61 bits per heavy atom. The van der Waals surface area contributed by atoms with Crippen LogP contribution in [0.15, 0.2) is 53.1 Å². The number of benzene rings is 2. The van der Waals surface area contributed by atoms with Crippen molar-refractivity contribution in [1.29, 1.82) is 0 Å². The number of aliphatic hydroxyl groups excluding tert-OH is 1. The van der Waals surface area contributed by atoms with Gasteiger partial charge in [0.1, 0.15) is 11.5 Å². The van der Waals surface area contributed by atoms with Gasteiger partial charge in [0, 0.05) is 16.4 Å². The Labute approximate surface area is 241 Å². The van der Waals surface area contributed by atoms with Gasteiger partial charge in [-0.25, -0.2) is 0 Å². The molecular weight excluding hydrogens is 516 g/mol. The fourth-order valence-corrected chi connectivity index (χ4v) is 8.58. The lowest BCUT2D eigenvalue weighted by Crippen LogP contribution is -2.70. The van der Waals surface area contributed by atoms with Crippen molar-refractivity contribution in [2.45, 2.75) is 79.8 Å². The fraction of sp³-hybridized carbons (Fsp3) is 0.457. The number of fused-ring (bicyclic) bond motifs is 3. The first kappa shape index (κ1) is 29.0. The minimum atomic E-state index is -2.51. The van der Waals surface area contributed by atoms with Gasteiger partial charge in [-0.1, -0.05) is 69.2 Å². The summed E-state index contributed by atoms with van der Waals surface area (Å²) >= 11 is 0. The molecule has 0 heterocycles. The molecule has 0 spiro atoms. The molecule has 1 saturated carbocycles. The van der Waals surface area contributed by atoms with E-state index in [1.54, 1.807) is 13.8 Å². The Kier molecular flexibility index (Phi) is 6.73. The maximum atomic E-state index is 14.4. The average molecular weight is 557 g/mol. The first-order valence-electron chi connectivity index (χ1n) is 14.5. The smallest absolute Gasteiger partial charge is 0.206 e. The van der Waals surface area contributed by atoms with Gasteiger partial charge in [-0.15, -0.1) is 0 Å². The molecule has 0 radical (unpaired) electrons. The van der Waals surface area contributed by atoms with E-state index in [2.05, 4.69) is 24.3 Å². The minimum Gasteiger partial charge on any atom is -0.507 e. The number of carbonyl (C=O) groups excluding carboxylic acids is 3. The van der Waals surface area contributed by atoms with E-state index in [1.165, 1.54) is 24.1 Å². The molecule has 0 bridgehead atoms. The van der Waals surface area contributed by atoms with Crippen LogP contribution in [0.3, 0.4) is 0 Å². The summed E-state index contributed by atoms with van der Waals surface area (Å²) in [6, 6.07) is 11.7. The monoisotopic (exact) mass is 556 g/mol. The molecule has 3 N–H and O–H groups in total. The van der Waals surface area contributed by atoms with Crippen LogP contribution >= 0.6 is 0 Å². The van der Waals surface area contributed by atoms with Crippen LogP contribution in [0.5, 0.6) is 5.75 Å². The number of rotatable bonds is 5. The van der Waals surface area contributed by atoms with E-state index in [4.69, 9.17) is 0 Å². The second kappa shape index (κ2) is 9.52. The summed E-state index contributed by atoms with van der Waals surface area (Å²) in [6.07, 6.45) is 2.05. The molecule has 216 valence electrons. The number of hydrogen-bond acceptors (Lipinski definition) is 6. The molecule has 0 aliphatic heterocycles. The SMILES string of the molecule is CC(=O)C1=C(C)[C@@H](C(C)C)[C@]2(C)C[C@]3(C)Cc4c(CCc5ccc(C)cc5)ccc(O)c4C(O)=C3C(=O)[C@]2(O)C1=O. The van der Waals surface area contributed by atoms with Crippen molar-refractivity contribution in [3.63, 3.8) is 0 Å². The molecule has 2 aromatic rings. The van der Waals surface area contributed by atoms with Crippen LogP contribution in [-0.2, 0) is 33.6 Å². The van der Waals surface area contributed by atoms with Crippen molar-refractivity contribution in [2.24, 2.45) is 22.7 Å². The third-order valence-corrected chi connectivity index (χ3v) is 10.1. The van der Waals surface area contributed by atoms with Gasteiger partial charge in [0.05, 0.1) is 11.1 Å². The first-order chi connectivity index (χ1) is 19.1. The molecular formula is C35H40O6. The molecule has 0 amide bonds. The Morgan fingerprint density at radius 1 is 0.976 bits per heavy atom. The fourth-order valence-electron chi connectivity index (χ4n) is 8.58. The summed E-state index contributed by atoms with van der Waals surface area (Å²) in [5.74, 6) is -3.30. The quantitative estimate of drug-likeness (QED) is 0.318. The number of ketones is 3. The van der Waals surface area contributed by atoms with Crippen LogP contribution in [0.2, 0.25) is 0 Å². The van der Waals surface area contributed by atoms with Crippen molar-refractivity contribution in [3.05, 3.63) is 80.9 Å². The highest BCUT2D eigenvalue weighted by atomic mass is 16.3. The molecule has 0 unspecified atom stereocenters. The molecule has 3 aliphatic rings. The number of allylic oxidation sites excluding steroid dienone is 1. The number of aromatic hydroxyl groups is 1. The molecule has 6 nitrogen and oxygen atoms in total. The molecule has 2 aromatic carbocycles. The van der Waals surface area contributed by atoms with Gasteiger partial charge in [-0.3, -0.25) is 14.4 Å². The van der Waals surface area contributed by atoms with Gasteiger partial charge in [-0.05, 0) is 81.0 Å². The number of Topliss-reactive ketones (excluding diaryl/α,β-unsaturated/α-hetero) is 3. The lowest BCUT2D eigenvalue weighted by Gasteiger charge is -2.60. The average Bonchev–Trinajstić information content (AvgIpc) is 2.86. The van der Waals surface area contributed by atoms with Crippen LogP contribution in [0.4, 0.5) is 0 Å². The maximum Gasteiger partial charge on any atom is 0.206 e. The third kappa shape index (κ3) is 3.98. The van der Waals surface area contributed by atoms with E-state index in [0.29, 0.717) is 18.4 Å². The van der Waals surface area contributed by atoms with Crippen molar-refractivity contribution >= 4 is 23.1 Å². The number of aryl methyl sites for hydroxylation is 3. The van der Waals surface area contributed by atoms with Crippen LogP contribution < -0.4 is 0 Å². The largest absolute Gasteiger partial charge is 0.507 e. The summed E-state index contributed by atoms with van der Waals surface area (Å²) in [4.78, 5) is 41.0. The highest BCUT2D eigenvalue weighted by Gasteiger charge is 2.72. The van der Waals surface area contributed by atoms with Gasteiger partial charge in [0.25, 0.3) is 0 Å². The van der Waals surface area contributed by atoms with Crippen molar-refractivity contribution in [2.75, 3.05) is 0 Å². The molecule has 0 saturated heterocycles. The van der Waals surface area contributed by atoms with Crippen molar-refractivity contribution in [3.8, 4) is 5.75 Å². The zero-order valence-corrected chi connectivity index (χ0v) is 25.0. The van der Waals surface area contributed by atoms with Gasteiger partial charge in [0.15, 0.2) is 11.4 Å². The summed E-state index contributed by atoms with van der Waals surface area (Å²) in [5, 5.41) is 34.8. The lowest BCUT2D eigenvalue weighted by molar-refractivity contribution is -0.180. The predicted octanol–water partition coefficient (Wildman–Crippen LogP) is 5.79. The molecule has 1 fully saturated rings. The van der Waals surface area contributed by atoms with Crippen molar-refractivity contribution < 1.29 is 29.7 Å². The van der Waals surface area contributed by atoms with Crippen LogP contribution in [0.25, 0.3) is 5.76 Å². The van der Waals surface area contributed by atoms with Crippen LogP contribution in [0.1, 0.15) is 75.8 Å². The number of carbonyl (C=O) groups is 3. The van der Waals surface area contributed by atoms with Crippen molar-refractivity contribution in [1.82, 2.24) is 0 Å². The Morgan fingerprint density at radius 3 is 2.20 bits per heavy atom. The summed E-state index contributed by atoms with van der Waals surface area (Å²) in [7, 11) is 0. The maximum absolute atomic E-state index is 14.4. The molecule has 41 heavy (non-hydrogen) atoms. The van der Waals surface area contributed by atoms with E-state index < -0.39 is 45.5 Å². The van der Waals surface area contributed by atoms with E-state index in [1.807, 2.05) is 33.8 Å². The molecule has 3 aliphatic carbocycles. The summed E-state index contributed by atoms with van der Waals surface area (Å²) in [5.41, 5.74) is 0.0794. The van der Waals surface area contributed by atoms with Crippen LogP contribution in [-0.4, -0.2) is 38.3 Å². The van der Waals surface area contributed by atoms with Gasteiger partial charge < -0.3 is 15.3 Å². The van der Waals surface area contributed by atoms with E-state index in [-0.39, 0.29) is 34.8 Å². The van der Waals surface area contributed by atoms with E-state index >= 15 is 0 Å². The topological polar surface area (TPSA) is 112 Å². The highest BCUT2D eigenvalue weighted by molar-refractivity contribution is 6.33. The Balaban J connectivity index is 1.68. The van der Waals surface area contributed by atoms with Crippen LogP contribution in [0, 0.1) is 29.6 Å². The molecule has 4 atom stereocenters. The standard InChI is InChI=1S/C35H40O6/c1-18(2)28-20(4)26(21(5)36)31(39)35(41)32(40)29-30(38)27-24(16-33(29,6)17-34(28,35)7)23(14-15-25(27)37)13-12-22-10-8-19(3)9-11-22/h8-11,14-15,18,28,37-38,41H,12-13,16-17H2,1-7H3/t28-,33+,34+,35-/m1/s1. The Hall–Kier alpha value is -3.51. The lowest BCUT2D eigenvalue weighted by atomic mass is 9.42. The molecule has 5 rings (SSSR count). The molecule has 0 aromatic heterocycles. The van der Waals surface area contributed by atoms with Gasteiger partial charge in [0.2, 0.25) is 11.6 Å². The normalized spacial score (nSPS) is 29.4. The zero-order chi connectivity index (χ0) is 30.2. The van der Waals surface area contributed by atoms with Gasteiger partial charge >= 0.3 is 0 Å². The third-order valence-electron chi connectivity index (χ3n) is 10.1. The van der Waals surface area contributed by atoms with Gasteiger partial charge in [-0.2, -0.15) is 0 Å². The summed E-state index contributed by atoms with van der Waals surface area (Å²) in [6.45, 7) is 12.7. The highest BCUT2D eigenvalue weighted by Crippen LogP contribution is 2.65. The number of hydrogen-bond donors (Lipinski definition) is 3. The summed E-state index contributed by atoms with van der Waals surface area (Å²) < 4.78 is 0. The number of phenols is 1. The second-order valence-electron chi connectivity index (χ2n) is 13.3. The predicted molar refractivity (Wildman–Crippen MR) is 157 cm³/mol. The minimum absolute atomic E-state index is 0.0470. The number of phenolic OH excluding ortho intramolecular Hbond substituents is 1. The van der Waals surface area contributed by atoms with E-state index in [9.17, 15) is 29.7 Å². The second-order valence-corrected chi connectivity index (χ2v) is 13.3. The zero-order valence-electron chi connectivity index (χ0n) is 25.0. The first-order valence-corrected chi connectivity index (χ1v) is 14.5. The molecule has 6 heteroatoms. The Bertz CT molecular complexity index is 1560.